The molecule has 2 heterocycles. The minimum atomic E-state index is -0.372. The van der Waals surface area contributed by atoms with E-state index < -0.39 is 0 Å². The third kappa shape index (κ3) is 4.22. The van der Waals surface area contributed by atoms with Crippen LogP contribution in [-0.2, 0) is 22.4 Å². The lowest BCUT2D eigenvalue weighted by Gasteiger charge is -2.36. The number of thiophene rings is 1. The van der Waals surface area contributed by atoms with E-state index in [-0.39, 0.29) is 18.5 Å². The summed E-state index contributed by atoms with van der Waals surface area (Å²) in [5.74, 6) is 0.182. The second-order valence-corrected chi connectivity index (χ2v) is 8.82. The van der Waals surface area contributed by atoms with Crippen molar-refractivity contribution in [3.8, 4) is 0 Å². The first-order chi connectivity index (χ1) is 13.6. The van der Waals surface area contributed by atoms with E-state index >= 15 is 0 Å². The highest BCUT2D eigenvalue weighted by Gasteiger charge is 2.24. The molecule has 2 aliphatic rings. The van der Waals surface area contributed by atoms with Crippen LogP contribution in [0.2, 0.25) is 0 Å². The summed E-state index contributed by atoms with van der Waals surface area (Å²) in [6, 6.07) is 12.2. The van der Waals surface area contributed by atoms with Gasteiger partial charge in [0.15, 0.2) is 6.61 Å². The average Bonchev–Trinajstić information content (AvgIpc) is 3.16. The molecule has 148 valence electrons. The number of amides is 1. The first kappa shape index (κ1) is 19.0. The fraction of sp³-hybridized carbons (Fsp3) is 0.455. The number of esters is 1. The summed E-state index contributed by atoms with van der Waals surface area (Å²) >= 11 is 1.52. The maximum Gasteiger partial charge on any atom is 0.348 e. The Kier molecular flexibility index (Phi) is 5.67. The molecule has 6 heteroatoms. The number of aryl methyl sites for hydroxylation is 1. The molecule has 2 aromatic rings. The van der Waals surface area contributed by atoms with Gasteiger partial charge in [-0.05, 0) is 48.9 Å². The van der Waals surface area contributed by atoms with Crippen LogP contribution in [0.5, 0.6) is 0 Å². The Morgan fingerprint density at radius 3 is 2.64 bits per heavy atom. The van der Waals surface area contributed by atoms with E-state index in [1.807, 2.05) is 24.3 Å². The van der Waals surface area contributed by atoms with E-state index in [1.54, 1.807) is 4.90 Å². The van der Waals surface area contributed by atoms with Crippen LogP contribution in [0.1, 0.15) is 33.5 Å². The van der Waals surface area contributed by atoms with Gasteiger partial charge in [-0.3, -0.25) is 4.79 Å². The van der Waals surface area contributed by atoms with Gasteiger partial charge < -0.3 is 14.5 Å². The number of piperazine rings is 1. The summed E-state index contributed by atoms with van der Waals surface area (Å²) in [7, 11) is 0. The second-order valence-electron chi connectivity index (χ2n) is 7.69. The van der Waals surface area contributed by atoms with Crippen LogP contribution in [0.3, 0.4) is 0 Å². The van der Waals surface area contributed by atoms with E-state index in [2.05, 4.69) is 24.0 Å². The van der Waals surface area contributed by atoms with E-state index in [0.29, 0.717) is 23.9 Å². The predicted molar refractivity (Wildman–Crippen MR) is 111 cm³/mol. The molecule has 0 saturated carbocycles. The Morgan fingerprint density at radius 1 is 1.14 bits per heavy atom. The van der Waals surface area contributed by atoms with Gasteiger partial charge in [0.25, 0.3) is 5.91 Å². The van der Waals surface area contributed by atoms with Crippen molar-refractivity contribution >= 4 is 28.9 Å². The molecule has 1 aliphatic heterocycles. The van der Waals surface area contributed by atoms with Crippen LogP contribution < -0.4 is 4.90 Å². The largest absolute Gasteiger partial charge is 0.451 e. The van der Waals surface area contributed by atoms with E-state index in [1.165, 1.54) is 33.9 Å². The van der Waals surface area contributed by atoms with Crippen molar-refractivity contribution < 1.29 is 14.3 Å². The molecule has 0 bridgehead atoms. The minimum Gasteiger partial charge on any atom is -0.451 e. The van der Waals surface area contributed by atoms with Crippen LogP contribution in [0.25, 0.3) is 0 Å². The zero-order valence-corrected chi connectivity index (χ0v) is 17.0. The Balaban J connectivity index is 1.26. The first-order valence-corrected chi connectivity index (χ1v) is 10.8. The van der Waals surface area contributed by atoms with E-state index in [4.69, 9.17) is 4.74 Å². The maximum absolute atomic E-state index is 12.4. The number of ether oxygens (including phenoxy) is 1. The number of carbonyl (C=O) groups is 2. The minimum absolute atomic E-state index is 0.115. The molecule has 1 atom stereocenters. The molecular formula is C22H26N2O3S. The lowest BCUT2D eigenvalue weighted by molar-refractivity contribution is -0.134. The van der Waals surface area contributed by atoms with Crippen LogP contribution >= 0.6 is 11.3 Å². The molecule has 0 unspecified atom stereocenters. The van der Waals surface area contributed by atoms with Gasteiger partial charge in [-0.15, -0.1) is 11.3 Å². The average molecular weight is 399 g/mol. The van der Waals surface area contributed by atoms with Crippen molar-refractivity contribution in [2.24, 2.45) is 5.92 Å². The number of para-hydroxylation sites is 1. The van der Waals surface area contributed by atoms with Crippen molar-refractivity contribution in [1.29, 1.82) is 0 Å². The van der Waals surface area contributed by atoms with Crippen LogP contribution in [-0.4, -0.2) is 49.6 Å². The third-order valence-electron chi connectivity index (χ3n) is 5.61. The summed E-state index contributed by atoms with van der Waals surface area (Å²) in [5, 5.41) is 0. The Bertz CT molecular complexity index is 841. The molecule has 1 aromatic carbocycles. The Morgan fingerprint density at radius 2 is 1.89 bits per heavy atom. The van der Waals surface area contributed by atoms with Gasteiger partial charge in [-0.25, -0.2) is 4.79 Å². The van der Waals surface area contributed by atoms with Crippen LogP contribution in [0, 0.1) is 5.92 Å². The van der Waals surface area contributed by atoms with Gasteiger partial charge in [0.1, 0.15) is 4.88 Å². The third-order valence-corrected chi connectivity index (χ3v) is 6.83. The van der Waals surface area contributed by atoms with Crippen molar-refractivity contribution in [3.05, 3.63) is 51.7 Å². The van der Waals surface area contributed by atoms with Gasteiger partial charge >= 0.3 is 5.97 Å². The number of anilines is 1. The summed E-state index contributed by atoms with van der Waals surface area (Å²) in [6.07, 6.45) is 3.25. The highest BCUT2D eigenvalue weighted by atomic mass is 32.1. The number of hydrogen-bond donors (Lipinski definition) is 0. The van der Waals surface area contributed by atoms with Crippen molar-refractivity contribution in [2.75, 3.05) is 37.7 Å². The monoisotopic (exact) mass is 398 g/mol. The van der Waals surface area contributed by atoms with Crippen LogP contribution in [0.15, 0.2) is 36.4 Å². The maximum atomic E-state index is 12.4. The zero-order valence-electron chi connectivity index (χ0n) is 16.2. The van der Waals surface area contributed by atoms with Crippen molar-refractivity contribution in [2.45, 2.75) is 26.2 Å². The van der Waals surface area contributed by atoms with Gasteiger partial charge in [-0.1, -0.05) is 25.1 Å². The lowest BCUT2D eigenvalue weighted by Crippen LogP contribution is -2.49. The number of nitrogens with zero attached hydrogens (tertiary/aromatic N) is 2. The topological polar surface area (TPSA) is 49.9 Å². The highest BCUT2D eigenvalue weighted by molar-refractivity contribution is 7.14. The summed E-state index contributed by atoms with van der Waals surface area (Å²) in [6.45, 7) is 4.95. The van der Waals surface area contributed by atoms with Crippen molar-refractivity contribution in [1.82, 2.24) is 4.90 Å². The van der Waals surface area contributed by atoms with Gasteiger partial charge in [0.2, 0.25) is 0 Å². The summed E-state index contributed by atoms with van der Waals surface area (Å²) < 4.78 is 5.33. The molecule has 1 aliphatic carbocycles. The number of hydrogen-bond acceptors (Lipinski definition) is 5. The van der Waals surface area contributed by atoms with Gasteiger partial charge in [-0.2, -0.15) is 0 Å². The van der Waals surface area contributed by atoms with Crippen LogP contribution in [0.4, 0.5) is 5.69 Å². The number of benzene rings is 1. The Hall–Kier alpha value is -2.34. The molecule has 4 rings (SSSR count). The quantitative estimate of drug-likeness (QED) is 0.741. The molecule has 1 saturated heterocycles. The molecule has 1 aromatic heterocycles. The second kappa shape index (κ2) is 8.35. The first-order valence-electron chi connectivity index (χ1n) is 9.96. The van der Waals surface area contributed by atoms with Gasteiger partial charge in [0, 0.05) is 36.7 Å². The van der Waals surface area contributed by atoms with Crippen molar-refractivity contribution in [3.63, 3.8) is 0 Å². The van der Waals surface area contributed by atoms with E-state index in [9.17, 15) is 9.59 Å². The molecule has 0 N–H and O–H groups in total. The fourth-order valence-corrected chi connectivity index (χ4v) is 5.05. The number of rotatable bonds is 4. The highest BCUT2D eigenvalue weighted by Crippen LogP contribution is 2.32. The number of carbonyl (C=O) groups excluding carboxylic acids is 2. The number of fused-ring (bicyclic) bond motifs is 1. The molecule has 0 radical (unpaired) electrons. The standard InChI is InChI=1S/C22H26N2O3S/c1-16-7-8-19-17(13-16)14-20(28-19)22(26)27-15-21(25)24-11-9-23(10-12-24)18-5-3-2-4-6-18/h2-6,14,16H,7-13,15H2,1H3/t16-/m0/s1. The van der Waals surface area contributed by atoms with Gasteiger partial charge in [0.05, 0.1) is 0 Å². The van der Waals surface area contributed by atoms with E-state index in [0.717, 1.165) is 25.9 Å². The smallest absolute Gasteiger partial charge is 0.348 e. The zero-order chi connectivity index (χ0) is 19.5. The normalized spacial score (nSPS) is 19.2. The Labute approximate surface area is 169 Å². The molecule has 1 amide bonds. The fourth-order valence-electron chi connectivity index (χ4n) is 3.95. The lowest BCUT2D eigenvalue weighted by atomic mass is 9.90. The summed E-state index contributed by atoms with van der Waals surface area (Å²) in [5.41, 5.74) is 2.45. The predicted octanol–water partition coefficient (Wildman–Crippen LogP) is 3.38. The molecule has 1 fully saturated rings. The SMILES string of the molecule is C[C@H]1CCc2sc(C(=O)OCC(=O)N3CCN(c4ccccc4)CC3)cc2C1. The molecule has 28 heavy (non-hydrogen) atoms. The summed E-state index contributed by atoms with van der Waals surface area (Å²) in [4.78, 5) is 30.8. The molecular weight excluding hydrogens is 372 g/mol. The molecule has 0 spiro atoms. The molecule has 5 nitrogen and oxygen atoms in total.